The van der Waals surface area contributed by atoms with Crippen LogP contribution < -0.4 is 0 Å². The summed E-state index contributed by atoms with van der Waals surface area (Å²) < 4.78 is 0. The highest BCUT2D eigenvalue weighted by Gasteiger charge is 1.97. The first kappa shape index (κ1) is 9.86. The standard InChI is InChI=1S/C13H16/c1-4-5-12-6-8-13(9-7-12)10-11(2)3/h1,6-9,11H,5,10H2,2-3H3. The lowest BCUT2D eigenvalue weighted by molar-refractivity contribution is 0.647. The van der Waals surface area contributed by atoms with Gasteiger partial charge < -0.3 is 0 Å². The summed E-state index contributed by atoms with van der Waals surface area (Å²) >= 11 is 0. The van der Waals surface area contributed by atoms with Gasteiger partial charge in [-0.2, -0.15) is 0 Å². The Balaban J connectivity index is 2.65. The van der Waals surface area contributed by atoms with Crippen LogP contribution in [0.5, 0.6) is 0 Å². The second-order valence-corrected chi connectivity index (χ2v) is 3.80. The van der Waals surface area contributed by atoms with Gasteiger partial charge in [0.2, 0.25) is 0 Å². The summed E-state index contributed by atoms with van der Waals surface area (Å²) in [6, 6.07) is 8.59. The van der Waals surface area contributed by atoms with E-state index in [4.69, 9.17) is 6.42 Å². The molecular weight excluding hydrogens is 156 g/mol. The van der Waals surface area contributed by atoms with Crippen molar-refractivity contribution >= 4 is 0 Å². The summed E-state index contributed by atoms with van der Waals surface area (Å²) in [6.07, 6.45) is 7.12. The Labute approximate surface area is 81.0 Å². The minimum Gasteiger partial charge on any atom is -0.120 e. The molecule has 1 aromatic carbocycles. The molecule has 0 heteroatoms. The maximum Gasteiger partial charge on any atom is 0.0337 e. The molecule has 0 N–H and O–H groups in total. The van der Waals surface area contributed by atoms with E-state index in [1.165, 1.54) is 11.1 Å². The molecular formula is C13H16. The number of rotatable bonds is 3. The van der Waals surface area contributed by atoms with Gasteiger partial charge in [0, 0.05) is 6.42 Å². The second-order valence-electron chi connectivity index (χ2n) is 3.80. The van der Waals surface area contributed by atoms with Gasteiger partial charge >= 0.3 is 0 Å². The molecule has 0 aromatic heterocycles. The molecule has 68 valence electrons. The van der Waals surface area contributed by atoms with E-state index in [1.807, 2.05) is 0 Å². The maximum atomic E-state index is 5.23. The second kappa shape index (κ2) is 4.72. The van der Waals surface area contributed by atoms with Gasteiger partial charge in [-0.15, -0.1) is 12.3 Å². The minimum atomic E-state index is 0.721. The highest BCUT2D eigenvalue weighted by molar-refractivity contribution is 5.25. The third-order valence-electron chi connectivity index (χ3n) is 1.97. The van der Waals surface area contributed by atoms with Crippen molar-refractivity contribution in [1.82, 2.24) is 0 Å². The van der Waals surface area contributed by atoms with E-state index in [9.17, 15) is 0 Å². The van der Waals surface area contributed by atoms with E-state index >= 15 is 0 Å². The molecule has 1 rings (SSSR count). The zero-order valence-corrected chi connectivity index (χ0v) is 8.38. The number of hydrogen-bond donors (Lipinski definition) is 0. The van der Waals surface area contributed by atoms with Gasteiger partial charge in [0.1, 0.15) is 0 Å². The van der Waals surface area contributed by atoms with Crippen LogP contribution in [0, 0.1) is 18.3 Å². The normalized spacial score (nSPS) is 10.0. The van der Waals surface area contributed by atoms with E-state index in [-0.39, 0.29) is 0 Å². The smallest absolute Gasteiger partial charge is 0.0337 e. The van der Waals surface area contributed by atoms with Gasteiger partial charge in [-0.3, -0.25) is 0 Å². The highest BCUT2D eigenvalue weighted by atomic mass is 14.0. The molecule has 0 aliphatic rings. The third kappa shape index (κ3) is 3.34. The van der Waals surface area contributed by atoms with E-state index in [0.717, 1.165) is 18.8 Å². The fraction of sp³-hybridized carbons (Fsp3) is 0.385. The van der Waals surface area contributed by atoms with Crippen LogP contribution in [0.25, 0.3) is 0 Å². The van der Waals surface area contributed by atoms with Crippen molar-refractivity contribution in [2.24, 2.45) is 5.92 Å². The van der Waals surface area contributed by atoms with Gasteiger partial charge in [0.15, 0.2) is 0 Å². The lowest BCUT2D eigenvalue weighted by atomic mass is 10.0. The van der Waals surface area contributed by atoms with Crippen molar-refractivity contribution in [3.05, 3.63) is 35.4 Å². The Morgan fingerprint density at radius 1 is 1.15 bits per heavy atom. The number of hydrogen-bond acceptors (Lipinski definition) is 0. The Bertz CT molecular complexity index is 285. The third-order valence-corrected chi connectivity index (χ3v) is 1.97. The van der Waals surface area contributed by atoms with Gasteiger partial charge in [0.05, 0.1) is 0 Å². The molecule has 0 amide bonds. The van der Waals surface area contributed by atoms with E-state index in [0.29, 0.717) is 0 Å². The summed E-state index contributed by atoms with van der Waals surface area (Å²) in [7, 11) is 0. The fourth-order valence-electron chi connectivity index (χ4n) is 1.38. The van der Waals surface area contributed by atoms with Crippen molar-refractivity contribution in [2.75, 3.05) is 0 Å². The predicted octanol–water partition coefficient (Wildman–Crippen LogP) is 3.06. The predicted molar refractivity (Wildman–Crippen MR) is 57.5 cm³/mol. The van der Waals surface area contributed by atoms with Gasteiger partial charge in [-0.1, -0.05) is 38.1 Å². The topological polar surface area (TPSA) is 0 Å². The molecule has 0 aliphatic heterocycles. The van der Waals surface area contributed by atoms with Crippen molar-refractivity contribution < 1.29 is 0 Å². The molecule has 0 unspecified atom stereocenters. The Morgan fingerprint density at radius 3 is 2.15 bits per heavy atom. The zero-order valence-electron chi connectivity index (χ0n) is 8.38. The van der Waals surface area contributed by atoms with Crippen molar-refractivity contribution in [1.29, 1.82) is 0 Å². The summed E-state index contributed by atoms with van der Waals surface area (Å²) in [6.45, 7) is 4.46. The average Bonchev–Trinajstić information content (AvgIpc) is 2.08. The Morgan fingerprint density at radius 2 is 1.69 bits per heavy atom. The fourth-order valence-corrected chi connectivity index (χ4v) is 1.38. The average molecular weight is 172 g/mol. The van der Waals surface area contributed by atoms with Gasteiger partial charge in [-0.25, -0.2) is 0 Å². The first-order valence-electron chi connectivity index (χ1n) is 4.73. The first-order valence-corrected chi connectivity index (χ1v) is 4.73. The van der Waals surface area contributed by atoms with E-state index < -0.39 is 0 Å². The lowest BCUT2D eigenvalue weighted by Gasteiger charge is -2.04. The molecule has 0 saturated carbocycles. The first-order chi connectivity index (χ1) is 6.22. The van der Waals surface area contributed by atoms with E-state index in [2.05, 4.69) is 44.0 Å². The molecule has 0 fully saturated rings. The zero-order chi connectivity index (χ0) is 9.68. The largest absolute Gasteiger partial charge is 0.120 e. The molecule has 13 heavy (non-hydrogen) atoms. The van der Waals surface area contributed by atoms with Crippen LogP contribution in [0.3, 0.4) is 0 Å². The molecule has 0 heterocycles. The van der Waals surface area contributed by atoms with Crippen LogP contribution >= 0.6 is 0 Å². The van der Waals surface area contributed by atoms with Crippen molar-refractivity contribution in [3.63, 3.8) is 0 Å². The van der Waals surface area contributed by atoms with Crippen LogP contribution in [-0.4, -0.2) is 0 Å². The van der Waals surface area contributed by atoms with Crippen LogP contribution in [0.1, 0.15) is 25.0 Å². The lowest BCUT2D eigenvalue weighted by Crippen LogP contribution is -1.93. The molecule has 0 saturated heterocycles. The highest BCUT2D eigenvalue weighted by Crippen LogP contribution is 2.09. The molecule has 0 radical (unpaired) electrons. The maximum absolute atomic E-state index is 5.23. The van der Waals surface area contributed by atoms with Gasteiger partial charge in [-0.05, 0) is 23.5 Å². The van der Waals surface area contributed by atoms with Gasteiger partial charge in [0.25, 0.3) is 0 Å². The van der Waals surface area contributed by atoms with Crippen molar-refractivity contribution in [2.45, 2.75) is 26.7 Å². The Kier molecular flexibility index (Phi) is 3.58. The quantitative estimate of drug-likeness (QED) is 0.615. The summed E-state index contributed by atoms with van der Waals surface area (Å²) in [5, 5.41) is 0. The SMILES string of the molecule is C#CCc1ccc(CC(C)C)cc1. The molecule has 0 aliphatic carbocycles. The molecule has 0 nitrogen and oxygen atoms in total. The summed E-state index contributed by atoms with van der Waals surface area (Å²) in [5.41, 5.74) is 2.63. The monoisotopic (exact) mass is 172 g/mol. The van der Waals surface area contributed by atoms with E-state index in [1.54, 1.807) is 0 Å². The van der Waals surface area contributed by atoms with Crippen molar-refractivity contribution in [3.8, 4) is 12.3 Å². The summed E-state index contributed by atoms with van der Waals surface area (Å²) in [4.78, 5) is 0. The molecule has 0 atom stereocenters. The summed E-state index contributed by atoms with van der Waals surface area (Å²) in [5.74, 6) is 3.37. The van der Waals surface area contributed by atoms with Crippen LogP contribution in [0.2, 0.25) is 0 Å². The number of terminal acetylenes is 1. The number of benzene rings is 1. The van der Waals surface area contributed by atoms with Crippen LogP contribution in [-0.2, 0) is 12.8 Å². The molecule has 0 spiro atoms. The van der Waals surface area contributed by atoms with Crippen LogP contribution in [0.15, 0.2) is 24.3 Å². The molecule has 1 aromatic rings. The minimum absolute atomic E-state index is 0.721. The Hall–Kier alpha value is -1.22. The molecule has 0 bridgehead atoms. The van der Waals surface area contributed by atoms with Crippen LogP contribution in [0.4, 0.5) is 0 Å².